The molecule has 1 aromatic heterocycles. The summed E-state index contributed by atoms with van der Waals surface area (Å²) in [7, 11) is 0. The van der Waals surface area contributed by atoms with Crippen LogP contribution >= 0.6 is 11.6 Å². The Morgan fingerprint density at radius 1 is 1.07 bits per heavy atom. The van der Waals surface area contributed by atoms with Crippen LogP contribution < -0.4 is 19.5 Å². The standard InChI is InChI=1S/C22H20ClNO5/c1-13-3-5-18(14(2)9-13)28-12-15-4-6-19(29-15)22(25)24-17-11-21-20(10-16(17)23)26-7-8-27-21/h3-6,9-11H,7-8,12H2,1-2H3,(H,24,25). The molecule has 1 amide bonds. The first-order valence-corrected chi connectivity index (χ1v) is 9.56. The Morgan fingerprint density at radius 3 is 2.59 bits per heavy atom. The van der Waals surface area contributed by atoms with E-state index >= 15 is 0 Å². The molecule has 7 heteroatoms. The second kappa shape index (κ2) is 8.09. The molecular formula is C22H20ClNO5. The van der Waals surface area contributed by atoms with Gasteiger partial charge in [-0.25, -0.2) is 0 Å². The fraction of sp³-hybridized carbons (Fsp3) is 0.227. The van der Waals surface area contributed by atoms with Gasteiger partial charge in [0.15, 0.2) is 17.3 Å². The van der Waals surface area contributed by atoms with Crippen molar-refractivity contribution in [1.82, 2.24) is 0 Å². The highest BCUT2D eigenvalue weighted by molar-refractivity contribution is 6.34. The molecule has 1 aliphatic heterocycles. The molecule has 0 aliphatic carbocycles. The van der Waals surface area contributed by atoms with Gasteiger partial charge in [-0.3, -0.25) is 4.79 Å². The van der Waals surface area contributed by atoms with Crippen LogP contribution in [0.15, 0.2) is 46.9 Å². The van der Waals surface area contributed by atoms with E-state index in [-0.39, 0.29) is 12.4 Å². The van der Waals surface area contributed by atoms with E-state index < -0.39 is 5.91 Å². The second-order valence-corrected chi connectivity index (χ2v) is 7.16. The van der Waals surface area contributed by atoms with Gasteiger partial charge in [-0.15, -0.1) is 0 Å². The third-order valence-electron chi connectivity index (χ3n) is 4.47. The summed E-state index contributed by atoms with van der Waals surface area (Å²) >= 11 is 6.24. The monoisotopic (exact) mass is 413 g/mol. The lowest BCUT2D eigenvalue weighted by Crippen LogP contribution is -2.16. The van der Waals surface area contributed by atoms with Crippen molar-refractivity contribution in [3.8, 4) is 17.2 Å². The first kappa shape index (κ1) is 19.2. The minimum absolute atomic E-state index is 0.162. The van der Waals surface area contributed by atoms with Crippen LogP contribution in [0, 0.1) is 13.8 Å². The van der Waals surface area contributed by atoms with E-state index in [4.69, 9.17) is 30.2 Å². The van der Waals surface area contributed by atoms with Gasteiger partial charge in [0.2, 0.25) is 0 Å². The number of carbonyl (C=O) groups is 1. The summed E-state index contributed by atoms with van der Waals surface area (Å²) in [6.45, 7) is 5.16. The quantitative estimate of drug-likeness (QED) is 0.626. The van der Waals surface area contributed by atoms with Crippen molar-refractivity contribution in [2.75, 3.05) is 18.5 Å². The minimum atomic E-state index is -0.415. The third-order valence-corrected chi connectivity index (χ3v) is 4.78. The zero-order valence-electron chi connectivity index (χ0n) is 16.1. The molecule has 1 N–H and O–H groups in total. The molecule has 29 heavy (non-hydrogen) atoms. The number of rotatable bonds is 5. The summed E-state index contributed by atoms with van der Waals surface area (Å²) in [5, 5.41) is 3.09. The summed E-state index contributed by atoms with van der Waals surface area (Å²) in [6, 6.07) is 12.5. The highest BCUT2D eigenvalue weighted by atomic mass is 35.5. The predicted octanol–water partition coefficient (Wildman–Crippen LogP) is 5.15. The number of fused-ring (bicyclic) bond motifs is 1. The van der Waals surface area contributed by atoms with E-state index in [0.717, 1.165) is 11.3 Å². The molecule has 6 nitrogen and oxygen atoms in total. The molecule has 150 valence electrons. The SMILES string of the molecule is Cc1ccc(OCc2ccc(C(=O)Nc3cc4c(cc3Cl)OCCO4)o2)c(C)c1. The van der Waals surface area contributed by atoms with E-state index in [9.17, 15) is 4.79 Å². The number of furan rings is 1. The Balaban J connectivity index is 1.42. The summed E-state index contributed by atoms with van der Waals surface area (Å²) in [4.78, 5) is 12.5. The predicted molar refractivity (Wildman–Crippen MR) is 109 cm³/mol. The molecule has 2 heterocycles. The van der Waals surface area contributed by atoms with Crippen molar-refractivity contribution in [2.24, 2.45) is 0 Å². The second-order valence-electron chi connectivity index (χ2n) is 6.75. The van der Waals surface area contributed by atoms with Crippen LogP contribution in [0.3, 0.4) is 0 Å². The van der Waals surface area contributed by atoms with Crippen LogP contribution in [0.25, 0.3) is 0 Å². The van der Waals surface area contributed by atoms with Crippen molar-refractivity contribution in [3.05, 3.63) is 70.1 Å². The first-order chi connectivity index (χ1) is 14.0. The average molecular weight is 414 g/mol. The Bertz CT molecular complexity index is 1060. The normalized spacial score (nSPS) is 12.5. The summed E-state index contributed by atoms with van der Waals surface area (Å²) in [6.07, 6.45) is 0. The van der Waals surface area contributed by atoms with E-state index in [0.29, 0.717) is 41.2 Å². The maximum atomic E-state index is 12.5. The van der Waals surface area contributed by atoms with E-state index in [1.807, 2.05) is 32.0 Å². The van der Waals surface area contributed by atoms with E-state index in [1.54, 1.807) is 24.3 Å². The Morgan fingerprint density at radius 2 is 1.83 bits per heavy atom. The number of benzene rings is 2. The maximum Gasteiger partial charge on any atom is 0.291 e. The molecule has 0 fully saturated rings. The Hall–Kier alpha value is -3.12. The smallest absolute Gasteiger partial charge is 0.291 e. The fourth-order valence-electron chi connectivity index (χ4n) is 3.03. The minimum Gasteiger partial charge on any atom is -0.486 e. The van der Waals surface area contributed by atoms with Crippen LogP contribution in [0.1, 0.15) is 27.4 Å². The van der Waals surface area contributed by atoms with Gasteiger partial charge < -0.3 is 23.9 Å². The highest BCUT2D eigenvalue weighted by Crippen LogP contribution is 2.38. The van der Waals surface area contributed by atoms with Crippen molar-refractivity contribution in [2.45, 2.75) is 20.5 Å². The van der Waals surface area contributed by atoms with Gasteiger partial charge in [0.05, 0.1) is 10.7 Å². The first-order valence-electron chi connectivity index (χ1n) is 9.19. The largest absolute Gasteiger partial charge is 0.486 e. The van der Waals surface area contributed by atoms with Gasteiger partial charge in [0.1, 0.15) is 31.3 Å². The topological polar surface area (TPSA) is 69.9 Å². The molecule has 1 aliphatic rings. The number of carbonyl (C=O) groups excluding carboxylic acids is 1. The fourth-order valence-corrected chi connectivity index (χ4v) is 3.23. The molecule has 0 atom stereocenters. The molecule has 0 spiro atoms. The number of halogens is 1. The number of amides is 1. The molecule has 2 aromatic carbocycles. The van der Waals surface area contributed by atoms with Gasteiger partial charge in [0, 0.05) is 12.1 Å². The lowest BCUT2D eigenvalue weighted by molar-refractivity contribution is 0.0992. The van der Waals surface area contributed by atoms with Crippen molar-refractivity contribution in [1.29, 1.82) is 0 Å². The molecule has 0 unspecified atom stereocenters. The number of hydrogen-bond acceptors (Lipinski definition) is 5. The van der Waals surface area contributed by atoms with E-state index in [2.05, 4.69) is 5.32 Å². The number of hydrogen-bond donors (Lipinski definition) is 1. The van der Waals surface area contributed by atoms with E-state index in [1.165, 1.54) is 5.56 Å². The lowest BCUT2D eigenvalue weighted by Gasteiger charge is -2.19. The van der Waals surface area contributed by atoms with Crippen LogP contribution in [0.4, 0.5) is 5.69 Å². The molecule has 4 rings (SSSR count). The van der Waals surface area contributed by atoms with Crippen molar-refractivity contribution >= 4 is 23.2 Å². The zero-order valence-corrected chi connectivity index (χ0v) is 16.8. The van der Waals surface area contributed by atoms with Gasteiger partial charge >= 0.3 is 0 Å². The molecule has 0 radical (unpaired) electrons. The van der Waals surface area contributed by atoms with Crippen molar-refractivity contribution < 1.29 is 23.4 Å². The van der Waals surface area contributed by atoms with Gasteiger partial charge in [-0.1, -0.05) is 29.3 Å². The highest BCUT2D eigenvalue weighted by Gasteiger charge is 2.18. The zero-order chi connectivity index (χ0) is 20.4. The van der Waals surface area contributed by atoms with Crippen LogP contribution in [-0.4, -0.2) is 19.1 Å². The third kappa shape index (κ3) is 4.32. The molecule has 0 saturated heterocycles. The molecule has 0 saturated carbocycles. The summed E-state index contributed by atoms with van der Waals surface area (Å²) in [5.74, 6) is 2.17. The van der Waals surface area contributed by atoms with Crippen LogP contribution in [-0.2, 0) is 6.61 Å². The lowest BCUT2D eigenvalue weighted by atomic mass is 10.1. The molecule has 0 bridgehead atoms. The van der Waals surface area contributed by atoms with Gasteiger partial charge in [-0.2, -0.15) is 0 Å². The van der Waals surface area contributed by atoms with Crippen LogP contribution in [0.5, 0.6) is 17.2 Å². The Kier molecular flexibility index (Phi) is 5.36. The van der Waals surface area contributed by atoms with Gasteiger partial charge in [-0.05, 0) is 37.6 Å². The van der Waals surface area contributed by atoms with Crippen LogP contribution in [0.2, 0.25) is 5.02 Å². The maximum absolute atomic E-state index is 12.5. The number of aryl methyl sites for hydroxylation is 2. The van der Waals surface area contributed by atoms with Crippen molar-refractivity contribution in [3.63, 3.8) is 0 Å². The van der Waals surface area contributed by atoms with Gasteiger partial charge in [0.25, 0.3) is 5.91 Å². The number of anilines is 1. The number of nitrogens with one attached hydrogen (secondary N) is 1. The molecular weight excluding hydrogens is 394 g/mol. The average Bonchev–Trinajstić information content (AvgIpc) is 3.17. The number of ether oxygens (including phenoxy) is 3. The molecule has 3 aromatic rings. The summed E-state index contributed by atoms with van der Waals surface area (Å²) < 4.78 is 22.4. The Labute approximate surface area is 173 Å². The summed E-state index contributed by atoms with van der Waals surface area (Å²) in [5.41, 5.74) is 2.64.